The summed E-state index contributed by atoms with van der Waals surface area (Å²) in [5.41, 5.74) is 3.99. The second-order valence-electron chi connectivity index (χ2n) is 7.14. The zero-order chi connectivity index (χ0) is 23.5. The van der Waals surface area contributed by atoms with Gasteiger partial charge in [0.1, 0.15) is 17.0 Å². The standard InChI is InChI=1S/C24H20ClN3O4S/c1-13-4-5-14(10-18(13)25)23-27-19-11-15(6-9-20(19)32-23)26-24(33)28-22(29)17-8-7-16(30-2)12-21(17)31-3/h4-12H,1-3H3,(H2,26,28,29,33). The van der Waals surface area contributed by atoms with Crippen LogP contribution in [0.25, 0.3) is 22.6 Å². The average molecular weight is 482 g/mol. The number of halogens is 1. The number of benzene rings is 3. The molecule has 0 spiro atoms. The number of nitrogens with one attached hydrogen (secondary N) is 2. The fourth-order valence-corrected chi connectivity index (χ4v) is 3.56. The number of hydrogen-bond acceptors (Lipinski definition) is 6. The molecule has 1 heterocycles. The van der Waals surface area contributed by atoms with Gasteiger partial charge in [0.05, 0.1) is 19.8 Å². The van der Waals surface area contributed by atoms with Gasteiger partial charge in [0.15, 0.2) is 10.7 Å². The molecule has 4 aromatic rings. The number of aromatic nitrogens is 1. The van der Waals surface area contributed by atoms with Crippen LogP contribution < -0.4 is 20.1 Å². The highest BCUT2D eigenvalue weighted by molar-refractivity contribution is 7.80. The highest BCUT2D eigenvalue weighted by Crippen LogP contribution is 2.29. The third-order valence-corrected chi connectivity index (χ3v) is 5.56. The van der Waals surface area contributed by atoms with Gasteiger partial charge in [-0.3, -0.25) is 10.1 Å². The number of fused-ring (bicyclic) bond motifs is 1. The van der Waals surface area contributed by atoms with Crippen molar-refractivity contribution in [3.63, 3.8) is 0 Å². The van der Waals surface area contributed by atoms with Gasteiger partial charge in [0.25, 0.3) is 5.91 Å². The molecule has 9 heteroatoms. The van der Waals surface area contributed by atoms with Crippen LogP contribution in [0.15, 0.2) is 59.0 Å². The van der Waals surface area contributed by atoms with Crippen LogP contribution in [-0.4, -0.2) is 30.2 Å². The highest BCUT2D eigenvalue weighted by atomic mass is 35.5. The Morgan fingerprint density at radius 3 is 2.61 bits per heavy atom. The van der Waals surface area contributed by atoms with E-state index in [9.17, 15) is 4.79 Å². The molecular weight excluding hydrogens is 462 g/mol. The fraction of sp³-hybridized carbons (Fsp3) is 0.125. The smallest absolute Gasteiger partial charge is 0.261 e. The van der Waals surface area contributed by atoms with Crippen LogP contribution in [0.4, 0.5) is 5.69 Å². The van der Waals surface area contributed by atoms with Crippen molar-refractivity contribution in [1.82, 2.24) is 10.3 Å². The third kappa shape index (κ3) is 4.92. The van der Waals surface area contributed by atoms with Gasteiger partial charge in [0.2, 0.25) is 5.89 Å². The average Bonchev–Trinajstić information content (AvgIpc) is 3.23. The van der Waals surface area contributed by atoms with E-state index in [0.717, 1.165) is 11.1 Å². The summed E-state index contributed by atoms with van der Waals surface area (Å²) in [6.45, 7) is 1.93. The predicted molar refractivity (Wildman–Crippen MR) is 132 cm³/mol. The Morgan fingerprint density at radius 1 is 1.06 bits per heavy atom. The second kappa shape index (κ2) is 9.48. The van der Waals surface area contributed by atoms with E-state index in [1.807, 2.05) is 25.1 Å². The van der Waals surface area contributed by atoms with E-state index in [-0.39, 0.29) is 5.11 Å². The lowest BCUT2D eigenvalue weighted by Gasteiger charge is -2.12. The summed E-state index contributed by atoms with van der Waals surface area (Å²) < 4.78 is 16.3. The van der Waals surface area contributed by atoms with Gasteiger partial charge in [-0.1, -0.05) is 17.7 Å². The van der Waals surface area contributed by atoms with Crippen LogP contribution in [0, 0.1) is 6.92 Å². The Balaban J connectivity index is 1.49. The predicted octanol–water partition coefficient (Wildman–Crippen LogP) is 5.60. The molecular formula is C24H20ClN3O4S. The number of thiocarbonyl (C=S) groups is 1. The molecule has 168 valence electrons. The molecule has 0 aliphatic rings. The SMILES string of the molecule is COc1ccc(C(=O)NC(=S)Nc2ccc3oc(-c4ccc(C)c(Cl)c4)nc3c2)c(OC)c1. The van der Waals surface area contributed by atoms with Crippen LogP contribution in [0.3, 0.4) is 0 Å². The number of anilines is 1. The summed E-state index contributed by atoms with van der Waals surface area (Å²) in [6, 6.07) is 15.9. The molecule has 0 aliphatic heterocycles. The molecule has 1 aromatic heterocycles. The van der Waals surface area contributed by atoms with E-state index >= 15 is 0 Å². The summed E-state index contributed by atoms with van der Waals surface area (Å²) >= 11 is 11.5. The lowest BCUT2D eigenvalue weighted by molar-refractivity contribution is 0.0974. The molecule has 0 saturated carbocycles. The van der Waals surface area contributed by atoms with E-state index in [4.69, 9.17) is 37.7 Å². The van der Waals surface area contributed by atoms with Crippen molar-refractivity contribution < 1.29 is 18.7 Å². The minimum absolute atomic E-state index is 0.131. The van der Waals surface area contributed by atoms with Gasteiger partial charge in [-0.25, -0.2) is 4.98 Å². The zero-order valence-corrected chi connectivity index (χ0v) is 19.6. The number of aryl methyl sites for hydroxylation is 1. The summed E-state index contributed by atoms with van der Waals surface area (Å²) in [4.78, 5) is 17.2. The first-order chi connectivity index (χ1) is 15.9. The minimum Gasteiger partial charge on any atom is -0.497 e. The molecule has 4 rings (SSSR count). The zero-order valence-electron chi connectivity index (χ0n) is 18.1. The van der Waals surface area contributed by atoms with Crippen LogP contribution in [-0.2, 0) is 0 Å². The Kier molecular flexibility index (Phi) is 6.48. The molecule has 2 N–H and O–H groups in total. The summed E-state index contributed by atoms with van der Waals surface area (Å²) in [5, 5.41) is 6.42. The van der Waals surface area contributed by atoms with Gasteiger partial charge < -0.3 is 19.2 Å². The van der Waals surface area contributed by atoms with E-state index in [0.29, 0.717) is 44.8 Å². The number of oxazole rings is 1. The number of nitrogens with zero attached hydrogens (tertiary/aromatic N) is 1. The molecule has 0 saturated heterocycles. The monoisotopic (exact) mass is 481 g/mol. The normalized spacial score (nSPS) is 10.7. The van der Waals surface area contributed by atoms with Gasteiger partial charge in [-0.15, -0.1) is 0 Å². The quantitative estimate of drug-likeness (QED) is 0.359. The lowest BCUT2D eigenvalue weighted by atomic mass is 10.1. The molecule has 0 radical (unpaired) electrons. The third-order valence-electron chi connectivity index (χ3n) is 4.94. The van der Waals surface area contributed by atoms with E-state index in [1.54, 1.807) is 36.4 Å². The Labute approximate surface area is 200 Å². The highest BCUT2D eigenvalue weighted by Gasteiger charge is 2.15. The fourth-order valence-electron chi connectivity index (χ4n) is 3.17. The Hall–Kier alpha value is -3.62. The molecule has 33 heavy (non-hydrogen) atoms. The Morgan fingerprint density at radius 2 is 1.88 bits per heavy atom. The largest absolute Gasteiger partial charge is 0.497 e. The lowest BCUT2D eigenvalue weighted by Crippen LogP contribution is -2.34. The van der Waals surface area contributed by atoms with Gasteiger partial charge in [-0.05, 0) is 67.2 Å². The minimum atomic E-state index is -0.409. The topological polar surface area (TPSA) is 85.6 Å². The first-order valence-electron chi connectivity index (χ1n) is 9.89. The molecule has 7 nitrogen and oxygen atoms in total. The van der Waals surface area contributed by atoms with Crippen molar-refractivity contribution >= 4 is 51.6 Å². The van der Waals surface area contributed by atoms with Gasteiger partial charge in [-0.2, -0.15) is 0 Å². The maximum absolute atomic E-state index is 12.7. The summed E-state index contributed by atoms with van der Waals surface area (Å²) in [6.07, 6.45) is 0. The molecule has 0 fully saturated rings. The van der Waals surface area contributed by atoms with Crippen LogP contribution in [0.2, 0.25) is 5.02 Å². The number of ether oxygens (including phenoxy) is 2. The number of methoxy groups -OCH3 is 2. The van der Waals surface area contributed by atoms with Gasteiger partial charge >= 0.3 is 0 Å². The van der Waals surface area contributed by atoms with Crippen LogP contribution in [0.1, 0.15) is 15.9 Å². The number of rotatable bonds is 5. The first kappa shape index (κ1) is 22.6. The number of hydrogen-bond donors (Lipinski definition) is 2. The van der Waals surface area contributed by atoms with E-state index in [1.165, 1.54) is 14.2 Å². The summed E-state index contributed by atoms with van der Waals surface area (Å²) in [7, 11) is 3.02. The first-order valence-corrected chi connectivity index (χ1v) is 10.7. The van der Waals surface area contributed by atoms with E-state index < -0.39 is 5.91 Å². The summed E-state index contributed by atoms with van der Waals surface area (Å²) in [5.74, 6) is 1.01. The Bertz CT molecular complexity index is 1370. The van der Waals surface area contributed by atoms with Crippen LogP contribution in [0.5, 0.6) is 11.5 Å². The van der Waals surface area contributed by atoms with Crippen LogP contribution >= 0.6 is 23.8 Å². The van der Waals surface area contributed by atoms with Crippen molar-refractivity contribution in [2.75, 3.05) is 19.5 Å². The van der Waals surface area contributed by atoms with E-state index in [2.05, 4.69) is 15.6 Å². The number of carbonyl (C=O) groups is 1. The van der Waals surface area contributed by atoms with Crippen molar-refractivity contribution in [3.8, 4) is 23.0 Å². The molecule has 0 aliphatic carbocycles. The van der Waals surface area contributed by atoms with Crippen molar-refractivity contribution in [1.29, 1.82) is 0 Å². The van der Waals surface area contributed by atoms with Crippen molar-refractivity contribution in [2.45, 2.75) is 6.92 Å². The van der Waals surface area contributed by atoms with Crippen molar-refractivity contribution in [3.05, 3.63) is 70.7 Å². The molecule has 0 unspecified atom stereocenters. The maximum Gasteiger partial charge on any atom is 0.261 e. The molecule has 1 amide bonds. The van der Waals surface area contributed by atoms with Crippen molar-refractivity contribution in [2.24, 2.45) is 0 Å². The maximum atomic E-state index is 12.7. The molecule has 0 atom stereocenters. The number of carbonyl (C=O) groups excluding carboxylic acids is 1. The number of amides is 1. The second-order valence-corrected chi connectivity index (χ2v) is 7.96. The molecule has 0 bridgehead atoms. The molecule has 3 aromatic carbocycles. The van der Waals surface area contributed by atoms with Gasteiger partial charge in [0, 0.05) is 22.3 Å².